The van der Waals surface area contributed by atoms with Gasteiger partial charge in [0.25, 0.3) is 5.91 Å². The molecule has 6 heteroatoms. The zero-order chi connectivity index (χ0) is 16.4. The van der Waals surface area contributed by atoms with Crippen LogP contribution in [0.1, 0.15) is 33.1 Å². The lowest BCUT2D eigenvalue weighted by molar-refractivity contribution is -0.122. The average Bonchev–Trinajstić information content (AvgIpc) is 2.86. The largest absolute Gasteiger partial charge is 0.321 e. The lowest BCUT2D eigenvalue weighted by Crippen LogP contribution is -2.32. The fourth-order valence-corrected chi connectivity index (χ4v) is 3.05. The molecule has 1 aromatic heterocycles. The third-order valence-corrected chi connectivity index (χ3v) is 3.94. The second-order valence-electron chi connectivity index (χ2n) is 6.81. The number of imidazole rings is 1. The Morgan fingerprint density at radius 1 is 1.35 bits per heavy atom. The second kappa shape index (κ2) is 5.95. The highest BCUT2D eigenvalue weighted by Crippen LogP contribution is 2.31. The quantitative estimate of drug-likeness (QED) is 0.883. The highest BCUT2D eigenvalue weighted by Gasteiger charge is 2.30. The van der Waals surface area contributed by atoms with Crippen LogP contribution in [-0.4, -0.2) is 27.0 Å². The van der Waals surface area contributed by atoms with Gasteiger partial charge in [0.15, 0.2) is 0 Å². The maximum atomic E-state index is 12.1. The van der Waals surface area contributed by atoms with E-state index in [9.17, 15) is 9.59 Å². The summed E-state index contributed by atoms with van der Waals surface area (Å²) in [7, 11) is 0. The number of para-hydroxylation sites is 2. The van der Waals surface area contributed by atoms with Crippen molar-refractivity contribution in [2.24, 2.45) is 10.5 Å². The van der Waals surface area contributed by atoms with Gasteiger partial charge in [0, 0.05) is 18.6 Å². The van der Waals surface area contributed by atoms with Crippen LogP contribution in [-0.2, 0) is 16.1 Å². The topological polar surface area (TPSA) is 76.3 Å². The normalized spacial score (nSPS) is 19.2. The summed E-state index contributed by atoms with van der Waals surface area (Å²) in [6.45, 7) is 4.23. The first-order valence-corrected chi connectivity index (χ1v) is 7.69. The number of aromatic nitrogens is 2. The van der Waals surface area contributed by atoms with Crippen LogP contribution in [0.3, 0.4) is 0 Å². The smallest absolute Gasteiger partial charge is 0.260 e. The van der Waals surface area contributed by atoms with Gasteiger partial charge in [0.05, 0.1) is 17.4 Å². The van der Waals surface area contributed by atoms with E-state index in [1.807, 2.05) is 38.1 Å². The number of hydrogen-bond donors (Lipinski definition) is 1. The summed E-state index contributed by atoms with van der Waals surface area (Å²) in [5.74, 6) is -0.0497. The molecule has 0 spiro atoms. The van der Waals surface area contributed by atoms with Crippen molar-refractivity contribution in [1.29, 1.82) is 0 Å². The van der Waals surface area contributed by atoms with Gasteiger partial charge in [-0.3, -0.25) is 9.59 Å². The number of benzene rings is 1. The zero-order valence-electron chi connectivity index (χ0n) is 13.4. The Hall–Kier alpha value is -2.50. The van der Waals surface area contributed by atoms with E-state index in [0.717, 1.165) is 23.2 Å². The third kappa shape index (κ3) is 3.64. The molecule has 1 N–H and O–H groups in total. The van der Waals surface area contributed by atoms with Crippen molar-refractivity contribution in [2.45, 2.75) is 39.7 Å². The van der Waals surface area contributed by atoms with E-state index in [-0.39, 0.29) is 23.7 Å². The van der Waals surface area contributed by atoms with E-state index in [1.165, 1.54) is 0 Å². The van der Waals surface area contributed by atoms with Crippen molar-refractivity contribution >= 4 is 28.4 Å². The molecule has 6 nitrogen and oxygen atoms in total. The molecule has 0 radical (unpaired) electrons. The van der Waals surface area contributed by atoms with Gasteiger partial charge in [-0.1, -0.05) is 26.0 Å². The van der Waals surface area contributed by atoms with Gasteiger partial charge in [0.2, 0.25) is 0 Å². The number of carbonyl (C=O) groups is 2. The Bertz CT molecular complexity index is 789. The first-order valence-electron chi connectivity index (χ1n) is 7.69. The molecule has 1 saturated carbocycles. The molecule has 23 heavy (non-hydrogen) atoms. The summed E-state index contributed by atoms with van der Waals surface area (Å²) < 4.78 is 1.78. The maximum absolute atomic E-state index is 12.1. The highest BCUT2D eigenvalue weighted by atomic mass is 16.2. The lowest BCUT2D eigenvalue weighted by atomic mass is 9.76. The summed E-state index contributed by atoms with van der Waals surface area (Å²) in [4.78, 5) is 28.1. The Morgan fingerprint density at radius 3 is 2.91 bits per heavy atom. The van der Waals surface area contributed by atoms with Crippen molar-refractivity contribution in [3.05, 3.63) is 30.6 Å². The van der Waals surface area contributed by atoms with E-state index < -0.39 is 0 Å². The molecular formula is C17H20N4O2. The van der Waals surface area contributed by atoms with E-state index in [4.69, 9.17) is 0 Å². The first kappa shape index (κ1) is 15.4. The number of amides is 1. The molecule has 1 aliphatic rings. The third-order valence-electron chi connectivity index (χ3n) is 3.94. The highest BCUT2D eigenvalue weighted by molar-refractivity contribution is 6.05. The number of hydrazone groups is 1. The summed E-state index contributed by atoms with van der Waals surface area (Å²) in [6, 6.07) is 7.64. The molecule has 2 aromatic rings. The molecule has 1 aromatic carbocycles. The van der Waals surface area contributed by atoms with Crippen LogP contribution in [0.4, 0.5) is 0 Å². The van der Waals surface area contributed by atoms with Crippen molar-refractivity contribution in [2.75, 3.05) is 0 Å². The number of rotatable bonds is 3. The summed E-state index contributed by atoms with van der Waals surface area (Å²) in [6.07, 6.45) is 3.27. The van der Waals surface area contributed by atoms with Gasteiger partial charge in [-0.05, 0) is 24.0 Å². The number of fused-ring (bicyclic) bond motifs is 1. The second-order valence-corrected chi connectivity index (χ2v) is 6.81. The van der Waals surface area contributed by atoms with Gasteiger partial charge in [-0.25, -0.2) is 10.4 Å². The van der Waals surface area contributed by atoms with Gasteiger partial charge in [-0.15, -0.1) is 0 Å². The molecule has 1 aliphatic carbocycles. The van der Waals surface area contributed by atoms with E-state index in [1.54, 1.807) is 10.9 Å². The van der Waals surface area contributed by atoms with Crippen LogP contribution in [0, 0.1) is 5.41 Å². The minimum Gasteiger partial charge on any atom is -0.321 e. The molecule has 0 saturated heterocycles. The molecule has 1 fully saturated rings. The Morgan fingerprint density at radius 2 is 2.13 bits per heavy atom. The molecule has 120 valence electrons. The van der Waals surface area contributed by atoms with E-state index >= 15 is 0 Å². The van der Waals surface area contributed by atoms with Gasteiger partial charge in [0.1, 0.15) is 12.3 Å². The molecule has 0 aliphatic heterocycles. The van der Waals surface area contributed by atoms with Crippen LogP contribution < -0.4 is 5.43 Å². The van der Waals surface area contributed by atoms with Crippen LogP contribution in [0.25, 0.3) is 11.0 Å². The number of hydrogen-bond acceptors (Lipinski definition) is 4. The summed E-state index contributed by atoms with van der Waals surface area (Å²) in [5, 5.41) is 4.15. The minimum atomic E-state index is -0.225. The van der Waals surface area contributed by atoms with Crippen molar-refractivity contribution in [1.82, 2.24) is 15.0 Å². The standard InChI is InChI=1S/C17H20N4O2/c1-17(2)8-12(7-13(22)9-17)19-20-16(23)10-21-11-18-14-5-3-4-6-15(14)21/h3-6,11H,7-10H2,1-2H3,(H,20,23)/b19-12+. The molecule has 0 bridgehead atoms. The average molecular weight is 312 g/mol. The Kier molecular flexibility index (Phi) is 3.98. The summed E-state index contributed by atoms with van der Waals surface area (Å²) >= 11 is 0. The van der Waals surface area contributed by atoms with Crippen molar-refractivity contribution in [3.8, 4) is 0 Å². The molecule has 3 rings (SSSR count). The monoisotopic (exact) mass is 312 g/mol. The fraction of sp³-hybridized carbons (Fsp3) is 0.412. The van der Waals surface area contributed by atoms with Crippen LogP contribution >= 0.6 is 0 Å². The number of carbonyl (C=O) groups excluding carboxylic acids is 2. The first-order chi connectivity index (χ1) is 10.9. The zero-order valence-corrected chi connectivity index (χ0v) is 13.4. The molecule has 1 heterocycles. The number of ketones is 1. The molecule has 1 amide bonds. The van der Waals surface area contributed by atoms with Gasteiger partial charge >= 0.3 is 0 Å². The number of Topliss-reactive ketones (excluding diaryl/α,β-unsaturated/α-hetero) is 1. The maximum Gasteiger partial charge on any atom is 0.260 e. The number of nitrogens with one attached hydrogen (secondary N) is 1. The Balaban J connectivity index is 1.65. The SMILES string of the molecule is CC1(C)CC(=O)C/C(=N\NC(=O)Cn2cnc3ccccc32)C1. The van der Waals surface area contributed by atoms with Gasteiger partial charge in [-0.2, -0.15) is 5.10 Å². The molecule has 0 unspecified atom stereocenters. The number of nitrogens with zero attached hydrogens (tertiary/aromatic N) is 3. The Labute approximate surface area is 134 Å². The van der Waals surface area contributed by atoms with E-state index in [2.05, 4.69) is 15.5 Å². The summed E-state index contributed by atoms with van der Waals surface area (Å²) in [5.41, 5.74) is 4.98. The van der Waals surface area contributed by atoms with Crippen LogP contribution in [0.15, 0.2) is 35.7 Å². The fourth-order valence-electron chi connectivity index (χ4n) is 3.05. The molecular weight excluding hydrogens is 292 g/mol. The minimum absolute atomic E-state index is 0.0839. The molecule has 0 atom stereocenters. The van der Waals surface area contributed by atoms with E-state index in [0.29, 0.717) is 12.8 Å². The lowest BCUT2D eigenvalue weighted by Gasteiger charge is -2.29. The van der Waals surface area contributed by atoms with Crippen molar-refractivity contribution < 1.29 is 9.59 Å². The van der Waals surface area contributed by atoms with Crippen LogP contribution in [0.5, 0.6) is 0 Å². The van der Waals surface area contributed by atoms with Crippen LogP contribution in [0.2, 0.25) is 0 Å². The predicted molar refractivity (Wildman–Crippen MR) is 87.9 cm³/mol. The van der Waals surface area contributed by atoms with Gasteiger partial charge < -0.3 is 4.57 Å². The predicted octanol–water partition coefficient (Wildman–Crippen LogP) is 2.29. The van der Waals surface area contributed by atoms with Crippen molar-refractivity contribution in [3.63, 3.8) is 0 Å².